The van der Waals surface area contributed by atoms with Crippen molar-refractivity contribution in [3.05, 3.63) is 71.4 Å². The number of anilines is 1. The monoisotopic (exact) mass is 605 g/mol. The number of amides is 1. The van der Waals surface area contributed by atoms with Crippen molar-refractivity contribution in [3.8, 4) is 17.2 Å². The quantitative estimate of drug-likeness (QED) is 0.336. The van der Waals surface area contributed by atoms with Crippen LogP contribution in [0.2, 0.25) is 0 Å². The van der Waals surface area contributed by atoms with Gasteiger partial charge in [-0.25, -0.2) is 14.4 Å². The predicted octanol–water partition coefficient (Wildman–Crippen LogP) is 4.45. The Balaban J connectivity index is 0.00000188. The molecule has 1 saturated carbocycles. The molecule has 2 aliphatic heterocycles. The first kappa shape index (κ1) is 31.3. The highest BCUT2D eigenvalue weighted by molar-refractivity contribution is 5.97. The zero-order valence-electron chi connectivity index (χ0n) is 25.7. The van der Waals surface area contributed by atoms with Crippen LogP contribution in [0.1, 0.15) is 55.1 Å². The summed E-state index contributed by atoms with van der Waals surface area (Å²) in [6.07, 6.45) is 6.06. The third-order valence-corrected chi connectivity index (χ3v) is 8.58. The Hall–Kier alpha value is -4.09. The summed E-state index contributed by atoms with van der Waals surface area (Å²) in [5.41, 5.74) is 2.74. The third kappa shape index (κ3) is 6.25. The summed E-state index contributed by atoms with van der Waals surface area (Å²) >= 11 is 0. The molecule has 234 valence electrons. The van der Waals surface area contributed by atoms with E-state index in [1.54, 1.807) is 11.1 Å². The number of rotatable bonds is 10. The van der Waals surface area contributed by atoms with Crippen LogP contribution in [0.15, 0.2) is 48.9 Å². The van der Waals surface area contributed by atoms with E-state index in [0.717, 1.165) is 58.2 Å². The van der Waals surface area contributed by atoms with Crippen molar-refractivity contribution in [2.24, 2.45) is 5.41 Å². The standard InChI is InChI=1S/C32H36FN5O4.CH4O/c1-4-38(21(2)3)31(40)25-12-23(33)8-9-28(25)42-29-15-34-20-35-30(29)37-18-32(19-37)13-24(14-32)41-27-7-5-6-22-16-36(10-11-39)17-26(22)27;1-2/h5-9,11-12,15,20-21,24H,4,10,13-14,16-19H2,1-3H3;2H,1H3. The molecule has 2 aromatic carbocycles. The van der Waals surface area contributed by atoms with Crippen molar-refractivity contribution in [1.29, 1.82) is 0 Å². The van der Waals surface area contributed by atoms with E-state index in [0.29, 0.717) is 24.7 Å². The zero-order valence-corrected chi connectivity index (χ0v) is 25.7. The Morgan fingerprint density at radius 1 is 1.16 bits per heavy atom. The highest BCUT2D eigenvalue weighted by atomic mass is 19.1. The van der Waals surface area contributed by atoms with Crippen molar-refractivity contribution >= 4 is 18.0 Å². The molecule has 3 aromatic rings. The highest BCUT2D eigenvalue weighted by Crippen LogP contribution is 2.52. The second-order valence-electron chi connectivity index (χ2n) is 11.9. The van der Waals surface area contributed by atoms with Crippen LogP contribution < -0.4 is 14.4 Å². The van der Waals surface area contributed by atoms with Gasteiger partial charge in [-0.15, -0.1) is 0 Å². The number of aromatic nitrogens is 2. The normalized spacial score (nSPS) is 16.8. The fraction of sp³-hybridized carbons (Fsp3) is 0.455. The van der Waals surface area contributed by atoms with Crippen molar-refractivity contribution in [3.63, 3.8) is 0 Å². The maximum Gasteiger partial charge on any atom is 0.257 e. The Morgan fingerprint density at radius 3 is 2.64 bits per heavy atom. The minimum atomic E-state index is -0.500. The smallest absolute Gasteiger partial charge is 0.257 e. The van der Waals surface area contributed by atoms with E-state index in [1.165, 1.54) is 35.7 Å². The summed E-state index contributed by atoms with van der Waals surface area (Å²) in [7, 11) is 1.00. The minimum Gasteiger partial charge on any atom is -0.490 e. The van der Waals surface area contributed by atoms with Gasteiger partial charge in [0.25, 0.3) is 5.91 Å². The summed E-state index contributed by atoms with van der Waals surface area (Å²) in [5.74, 6) is 1.48. The number of aliphatic hydroxyl groups is 1. The van der Waals surface area contributed by atoms with E-state index in [1.807, 2.05) is 32.9 Å². The zero-order chi connectivity index (χ0) is 31.4. The lowest BCUT2D eigenvalue weighted by Gasteiger charge is -2.59. The Kier molecular flexibility index (Phi) is 9.45. The Morgan fingerprint density at radius 2 is 1.93 bits per heavy atom. The Bertz CT molecular complexity index is 1490. The van der Waals surface area contributed by atoms with Gasteiger partial charge in [-0.2, -0.15) is 0 Å². The number of hydrogen-bond acceptors (Lipinski definition) is 9. The molecule has 11 heteroatoms. The SMILES string of the molecule is CCN(C(=O)c1cc(F)ccc1Oc1cncnc1N1CC2(CC(Oc3cccc4c3CN(CC=O)C4)C2)C1)C(C)C.CO. The molecule has 0 radical (unpaired) electrons. The van der Waals surface area contributed by atoms with Gasteiger partial charge in [0.05, 0.1) is 18.3 Å². The van der Waals surface area contributed by atoms with Gasteiger partial charge in [0.1, 0.15) is 36.0 Å². The van der Waals surface area contributed by atoms with E-state index in [2.05, 4.69) is 25.8 Å². The molecule has 1 aliphatic carbocycles. The molecule has 1 N–H and O–H groups in total. The van der Waals surface area contributed by atoms with Crippen LogP contribution in [0.5, 0.6) is 17.2 Å². The minimum absolute atomic E-state index is 0.0400. The molecule has 2 fully saturated rings. The molecule has 1 amide bonds. The van der Waals surface area contributed by atoms with Crippen LogP contribution in [-0.2, 0) is 17.9 Å². The number of benzene rings is 2. The first-order chi connectivity index (χ1) is 21.3. The number of ether oxygens (including phenoxy) is 2. The molecule has 3 aliphatic rings. The van der Waals surface area contributed by atoms with Crippen LogP contribution in [0.3, 0.4) is 0 Å². The maximum atomic E-state index is 14.2. The molecule has 1 saturated heterocycles. The molecule has 1 spiro atoms. The summed E-state index contributed by atoms with van der Waals surface area (Å²) in [5, 5.41) is 7.00. The number of fused-ring (bicyclic) bond motifs is 1. The maximum absolute atomic E-state index is 14.2. The number of carbonyl (C=O) groups is 2. The van der Waals surface area contributed by atoms with Gasteiger partial charge in [0.2, 0.25) is 0 Å². The lowest BCUT2D eigenvalue weighted by atomic mass is 9.61. The average molecular weight is 606 g/mol. The van der Waals surface area contributed by atoms with Crippen molar-refractivity contribution < 1.29 is 28.6 Å². The fourth-order valence-electron chi connectivity index (χ4n) is 6.54. The molecule has 0 atom stereocenters. The summed E-state index contributed by atoms with van der Waals surface area (Å²) in [6.45, 7) is 9.82. The highest BCUT2D eigenvalue weighted by Gasteiger charge is 2.54. The number of aliphatic hydroxyl groups excluding tert-OH is 1. The third-order valence-electron chi connectivity index (χ3n) is 8.58. The molecular weight excluding hydrogens is 565 g/mol. The molecule has 0 unspecified atom stereocenters. The van der Waals surface area contributed by atoms with E-state index in [9.17, 15) is 14.0 Å². The number of halogens is 1. The van der Waals surface area contributed by atoms with E-state index >= 15 is 0 Å². The molecule has 3 heterocycles. The average Bonchev–Trinajstić information content (AvgIpc) is 3.40. The summed E-state index contributed by atoms with van der Waals surface area (Å²) in [4.78, 5) is 38.8. The second kappa shape index (κ2) is 13.3. The van der Waals surface area contributed by atoms with Crippen LogP contribution in [-0.4, -0.2) is 82.5 Å². The van der Waals surface area contributed by atoms with E-state index < -0.39 is 5.82 Å². The van der Waals surface area contributed by atoms with E-state index in [4.69, 9.17) is 14.6 Å². The topological polar surface area (TPSA) is 108 Å². The number of aldehydes is 1. The van der Waals surface area contributed by atoms with Gasteiger partial charge < -0.3 is 29.2 Å². The summed E-state index contributed by atoms with van der Waals surface area (Å²) in [6, 6.07) is 10.1. The van der Waals surface area contributed by atoms with Crippen molar-refractivity contribution in [2.45, 2.75) is 58.8 Å². The number of nitrogens with zero attached hydrogens (tertiary/aromatic N) is 5. The largest absolute Gasteiger partial charge is 0.490 e. The molecule has 0 bridgehead atoms. The number of hydrogen-bond donors (Lipinski definition) is 1. The van der Waals surface area contributed by atoms with Gasteiger partial charge in [-0.05, 0) is 63.4 Å². The van der Waals surface area contributed by atoms with E-state index in [-0.39, 0.29) is 34.8 Å². The second-order valence-corrected chi connectivity index (χ2v) is 11.9. The van der Waals surface area contributed by atoms with Crippen LogP contribution >= 0.6 is 0 Å². The fourth-order valence-corrected chi connectivity index (χ4v) is 6.54. The van der Waals surface area contributed by atoms with Crippen LogP contribution in [0.25, 0.3) is 0 Å². The van der Waals surface area contributed by atoms with Gasteiger partial charge in [-0.3, -0.25) is 9.69 Å². The van der Waals surface area contributed by atoms with Crippen molar-refractivity contribution in [2.75, 3.05) is 38.2 Å². The first-order valence-electron chi connectivity index (χ1n) is 15.0. The molecular formula is C33H40FN5O5. The number of carbonyl (C=O) groups excluding carboxylic acids is 2. The first-order valence-corrected chi connectivity index (χ1v) is 15.0. The predicted molar refractivity (Wildman–Crippen MR) is 163 cm³/mol. The van der Waals surface area contributed by atoms with Gasteiger partial charge in [0.15, 0.2) is 11.6 Å². The van der Waals surface area contributed by atoms with Crippen molar-refractivity contribution in [1.82, 2.24) is 19.8 Å². The molecule has 44 heavy (non-hydrogen) atoms. The summed E-state index contributed by atoms with van der Waals surface area (Å²) < 4.78 is 26.9. The molecule has 1 aromatic heterocycles. The Labute approximate surface area is 257 Å². The van der Waals surface area contributed by atoms with Crippen LogP contribution in [0, 0.1) is 11.2 Å². The molecule has 6 rings (SSSR count). The van der Waals surface area contributed by atoms with Crippen LogP contribution in [0.4, 0.5) is 10.2 Å². The lowest BCUT2D eigenvalue weighted by Crippen LogP contribution is -2.65. The molecule has 10 nitrogen and oxygen atoms in total. The lowest BCUT2D eigenvalue weighted by molar-refractivity contribution is -0.109. The van der Waals surface area contributed by atoms with Gasteiger partial charge >= 0.3 is 0 Å². The van der Waals surface area contributed by atoms with Gasteiger partial charge in [-0.1, -0.05) is 12.1 Å². The van der Waals surface area contributed by atoms with Gasteiger partial charge in [0, 0.05) is 56.9 Å².